The SMILES string of the molecule is CCNC1c2c(F)ccc(F)c2S(=O)C1CC. The van der Waals surface area contributed by atoms with Gasteiger partial charge in [-0.05, 0) is 25.1 Å². The van der Waals surface area contributed by atoms with Crippen molar-refractivity contribution < 1.29 is 13.0 Å². The minimum atomic E-state index is -1.47. The molecule has 2 nitrogen and oxygen atoms in total. The van der Waals surface area contributed by atoms with Crippen LogP contribution in [0.15, 0.2) is 17.0 Å². The van der Waals surface area contributed by atoms with E-state index in [4.69, 9.17) is 0 Å². The van der Waals surface area contributed by atoms with Crippen molar-refractivity contribution in [3.63, 3.8) is 0 Å². The Morgan fingerprint density at radius 3 is 2.53 bits per heavy atom. The third kappa shape index (κ3) is 1.91. The molecular weight excluding hydrogens is 244 g/mol. The molecule has 0 bridgehead atoms. The smallest absolute Gasteiger partial charge is 0.139 e. The predicted octanol–water partition coefficient (Wildman–Crippen LogP) is 2.52. The van der Waals surface area contributed by atoms with Crippen molar-refractivity contribution in [2.45, 2.75) is 36.5 Å². The number of hydrogen-bond acceptors (Lipinski definition) is 2. The maximum Gasteiger partial charge on any atom is 0.139 e. The van der Waals surface area contributed by atoms with Crippen molar-refractivity contribution in [1.29, 1.82) is 0 Å². The Morgan fingerprint density at radius 1 is 1.29 bits per heavy atom. The van der Waals surface area contributed by atoms with Gasteiger partial charge in [-0.15, -0.1) is 0 Å². The Hall–Kier alpha value is -0.810. The first-order valence-corrected chi connectivity index (χ1v) is 6.94. The van der Waals surface area contributed by atoms with Crippen molar-refractivity contribution in [3.8, 4) is 0 Å². The second kappa shape index (κ2) is 4.82. The monoisotopic (exact) mass is 259 g/mol. The Bertz CT molecular complexity index is 464. The summed E-state index contributed by atoms with van der Waals surface area (Å²) >= 11 is 0. The molecular formula is C12H15F2NOS. The topological polar surface area (TPSA) is 29.1 Å². The molecule has 0 spiro atoms. The highest BCUT2D eigenvalue weighted by Gasteiger charge is 2.41. The summed E-state index contributed by atoms with van der Waals surface area (Å²) in [5.41, 5.74) is 0.247. The van der Waals surface area contributed by atoms with Crippen molar-refractivity contribution in [2.75, 3.05) is 6.54 Å². The van der Waals surface area contributed by atoms with Crippen molar-refractivity contribution in [2.24, 2.45) is 0 Å². The van der Waals surface area contributed by atoms with Crippen LogP contribution in [0.5, 0.6) is 0 Å². The molecule has 1 heterocycles. The van der Waals surface area contributed by atoms with E-state index in [-0.39, 0.29) is 21.8 Å². The highest BCUT2D eigenvalue weighted by molar-refractivity contribution is 7.86. The summed E-state index contributed by atoms with van der Waals surface area (Å²) in [6, 6.07) is 1.80. The molecule has 94 valence electrons. The summed E-state index contributed by atoms with van der Waals surface area (Å²) < 4.78 is 39.6. The van der Waals surface area contributed by atoms with Crippen LogP contribution in [-0.2, 0) is 10.8 Å². The Labute approximate surface area is 102 Å². The fourth-order valence-electron chi connectivity index (χ4n) is 2.34. The quantitative estimate of drug-likeness (QED) is 0.903. The largest absolute Gasteiger partial charge is 0.309 e. The molecule has 0 amide bonds. The molecule has 17 heavy (non-hydrogen) atoms. The van der Waals surface area contributed by atoms with E-state index in [1.807, 2.05) is 13.8 Å². The molecule has 1 aliphatic heterocycles. The van der Waals surface area contributed by atoms with Crippen LogP contribution in [0.2, 0.25) is 0 Å². The lowest BCUT2D eigenvalue weighted by Gasteiger charge is -2.18. The van der Waals surface area contributed by atoms with E-state index in [1.165, 1.54) is 0 Å². The van der Waals surface area contributed by atoms with Gasteiger partial charge in [-0.1, -0.05) is 13.8 Å². The molecule has 1 N–H and O–H groups in total. The standard InChI is InChI=1S/C12H15F2NOS/c1-3-9-11(15-4-2)10-7(13)5-6-8(14)12(10)17(9)16/h5-6,9,11,15H,3-4H2,1-2H3. The van der Waals surface area contributed by atoms with Crippen LogP contribution in [0, 0.1) is 11.6 Å². The van der Waals surface area contributed by atoms with Gasteiger partial charge in [0.05, 0.1) is 27.0 Å². The molecule has 0 saturated carbocycles. The molecule has 5 heteroatoms. The zero-order valence-corrected chi connectivity index (χ0v) is 10.6. The van der Waals surface area contributed by atoms with Crippen molar-refractivity contribution in [3.05, 3.63) is 29.3 Å². The van der Waals surface area contributed by atoms with Crippen LogP contribution >= 0.6 is 0 Å². The summed E-state index contributed by atoms with van der Waals surface area (Å²) in [7, 11) is -1.47. The zero-order valence-electron chi connectivity index (χ0n) is 9.80. The molecule has 2 rings (SSSR count). The van der Waals surface area contributed by atoms with Crippen LogP contribution < -0.4 is 5.32 Å². The molecule has 1 aliphatic rings. The first-order valence-electron chi connectivity index (χ1n) is 5.73. The predicted molar refractivity (Wildman–Crippen MR) is 63.3 cm³/mol. The lowest BCUT2D eigenvalue weighted by Crippen LogP contribution is -2.29. The maximum absolute atomic E-state index is 13.8. The molecule has 3 atom stereocenters. The first-order chi connectivity index (χ1) is 8.11. The van der Waals surface area contributed by atoms with E-state index >= 15 is 0 Å². The van der Waals surface area contributed by atoms with Gasteiger partial charge in [-0.2, -0.15) is 0 Å². The Kier molecular flexibility index (Phi) is 3.58. The second-order valence-corrected chi connectivity index (χ2v) is 5.66. The number of rotatable bonds is 3. The normalized spacial score (nSPS) is 27.2. The van der Waals surface area contributed by atoms with Crippen LogP contribution in [0.1, 0.15) is 31.9 Å². The van der Waals surface area contributed by atoms with E-state index < -0.39 is 22.4 Å². The lowest BCUT2D eigenvalue weighted by molar-refractivity contribution is 0.483. The third-order valence-corrected chi connectivity index (χ3v) is 5.05. The van der Waals surface area contributed by atoms with Gasteiger partial charge in [0.25, 0.3) is 0 Å². The highest BCUT2D eigenvalue weighted by Crippen LogP contribution is 2.40. The van der Waals surface area contributed by atoms with E-state index in [0.717, 1.165) is 12.1 Å². The van der Waals surface area contributed by atoms with Crippen LogP contribution in [0.4, 0.5) is 8.78 Å². The van der Waals surface area contributed by atoms with Crippen LogP contribution in [0.25, 0.3) is 0 Å². The first kappa shape index (κ1) is 12.6. The summed E-state index contributed by atoms with van der Waals surface area (Å²) in [5, 5.41) is 2.85. The van der Waals surface area contributed by atoms with Gasteiger partial charge in [0.15, 0.2) is 0 Å². The summed E-state index contributed by atoms with van der Waals surface area (Å²) in [6.07, 6.45) is 0.623. The van der Waals surface area contributed by atoms with Gasteiger partial charge in [-0.3, -0.25) is 4.21 Å². The van der Waals surface area contributed by atoms with Crippen molar-refractivity contribution >= 4 is 10.8 Å². The summed E-state index contributed by atoms with van der Waals surface area (Å²) in [5.74, 6) is -1.05. The Balaban J connectivity index is 2.58. The van der Waals surface area contributed by atoms with Gasteiger partial charge in [0.1, 0.15) is 11.6 Å². The molecule has 3 unspecified atom stereocenters. The van der Waals surface area contributed by atoms with E-state index in [1.54, 1.807) is 0 Å². The van der Waals surface area contributed by atoms with E-state index in [9.17, 15) is 13.0 Å². The molecule has 0 saturated heterocycles. The van der Waals surface area contributed by atoms with Crippen molar-refractivity contribution in [1.82, 2.24) is 5.32 Å². The summed E-state index contributed by atoms with van der Waals surface area (Å²) in [4.78, 5) is 0.0443. The molecule has 1 aromatic carbocycles. The fourth-order valence-corrected chi connectivity index (χ4v) is 4.13. The van der Waals surface area contributed by atoms with E-state index in [0.29, 0.717) is 13.0 Å². The molecule has 1 aromatic rings. The second-order valence-electron chi connectivity index (χ2n) is 4.05. The van der Waals surface area contributed by atoms with Gasteiger partial charge >= 0.3 is 0 Å². The number of halogens is 2. The lowest BCUT2D eigenvalue weighted by atomic mass is 10.0. The summed E-state index contributed by atoms with van der Waals surface area (Å²) in [6.45, 7) is 4.41. The number of benzene rings is 1. The van der Waals surface area contributed by atoms with Crippen LogP contribution in [0.3, 0.4) is 0 Å². The van der Waals surface area contributed by atoms with Gasteiger partial charge in [0, 0.05) is 5.56 Å². The van der Waals surface area contributed by atoms with Gasteiger partial charge < -0.3 is 5.32 Å². The average Bonchev–Trinajstić information content (AvgIpc) is 2.59. The van der Waals surface area contributed by atoms with Crippen LogP contribution in [-0.4, -0.2) is 16.0 Å². The third-order valence-electron chi connectivity index (χ3n) is 3.08. The van der Waals surface area contributed by atoms with E-state index in [2.05, 4.69) is 5.32 Å². The minimum Gasteiger partial charge on any atom is -0.309 e. The van der Waals surface area contributed by atoms with Gasteiger partial charge in [-0.25, -0.2) is 8.78 Å². The molecule has 0 aliphatic carbocycles. The minimum absolute atomic E-state index is 0.0443. The highest BCUT2D eigenvalue weighted by atomic mass is 32.2. The van der Waals surface area contributed by atoms with Gasteiger partial charge in [0.2, 0.25) is 0 Å². The Morgan fingerprint density at radius 2 is 1.94 bits per heavy atom. The molecule has 0 fully saturated rings. The zero-order chi connectivity index (χ0) is 12.6. The number of hydrogen-bond donors (Lipinski definition) is 1. The number of nitrogens with one attached hydrogen (secondary N) is 1. The average molecular weight is 259 g/mol. The molecule has 0 aromatic heterocycles. The fraction of sp³-hybridized carbons (Fsp3) is 0.500. The number of fused-ring (bicyclic) bond motifs is 1. The molecule has 0 radical (unpaired) electrons. The maximum atomic E-state index is 13.8.